The summed E-state index contributed by atoms with van der Waals surface area (Å²) in [6.07, 6.45) is 4.84. The predicted molar refractivity (Wildman–Crippen MR) is 65.5 cm³/mol. The monoisotopic (exact) mass is 1080 g/mol. The fourth-order valence-corrected chi connectivity index (χ4v) is 1.88. The van der Waals surface area contributed by atoms with Gasteiger partial charge in [0.15, 0.2) is 0 Å². The molecule has 0 aliphatic rings. The van der Waals surface area contributed by atoms with Crippen LogP contribution in [-0.4, -0.2) is 0 Å². The minimum atomic E-state index is 0. The van der Waals surface area contributed by atoms with Crippen LogP contribution >= 0.6 is 0 Å². The Morgan fingerprint density at radius 1 is 0.417 bits per heavy atom. The van der Waals surface area contributed by atoms with Crippen molar-refractivity contribution in [2.45, 2.75) is 67.2 Å². The van der Waals surface area contributed by atoms with E-state index in [1.807, 2.05) is 0 Å². The SMILES string of the molecule is CC[C-](C)C[C-](C)C[C-](C)C[C-](C)C.[Y].[Y].[Y].[Y].[Y].[Y].[Y].[Y].[Y].[Y]. The van der Waals surface area contributed by atoms with Crippen molar-refractivity contribution < 1.29 is 327 Å². The summed E-state index contributed by atoms with van der Waals surface area (Å²) in [4.78, 5) is 0. The van der Waals surface area contributed by atoms with Gasteiger partial charge in [0.25, 0.3) is 0 Å². The van der Waals surface area contributed by atoms with Crippen LogP contribution in [-0.2, 0) is 327 Å². The normalized spacial score (nSPS) is 7.25. The third-order valence-electron chi connectivity index (χ3n) is 2.47. The molecule has 0 unspecified atom stereocenters. The van der Waals surface area contributed by atoms with Crippen LogP contribution in [0, 0.1) is 23.7 Å². The molecule has 0 aromatic rings. The van der Waals surface area contributed by atoms with E-state index in [-0.39, 0.29) is 327 Å². The molecule has 0 saturated heterocycles. The second-order valence-corrected chi connectivity index (χ2v) is 4.96. The Morgan fingerprint density at radius 2 is 0.667 bits per heavy atom. The summed E-state index contributed by atoms with van der Waals surface area (Å²) in [6, 6.07) is 0. The van der Waals surface area contributed by atoms with Crippen LogP contribution in [0.25, 0.3) is 0 Å². The first-order chi connectivity index (χ1) is 6.45. The molecule has 0 saturated carbocycles. The van der Waals surface area contributed by atoms with Crippen LogP contribution in [0.2, 0.25) is 0 Å². The fourth-order valence-electron chi connectivity index (χ4n) is 1.88. The van der Waals surface area contributed by atoms with Gasteiger partial charge in [-0.2, -0.15) is 41.0 Å². The summed E-state index contributed by atoms with van der Waals surface area (Å²) >= 11 is 0. The molecule has 0 aromatic carbocycles. The van der Waals surface area contributed by atoms with Crippen LogP contribution in [0.5, 0.6) is 0 Å². The second kappa shape index (κ2) is 50.8. The maximum atomic E-state index is 2.29. The van der Waals surface area contributed by atoms with Gasteiger partial charge in [-0.05, 0) is 0 Å². The van der Waals surface area contributed by atoms with Crippen LogP contribution in [0.3, 0.4) is 0 Å². The third kappa shape index (κ3) is 54.1. The largest absolute Gasteiger partial charge is 0.374 e. The van der Waals surface area contributed by atoms with Crippen LogP contribution < -0.4 is 0 Å². The van der Waals surface area contributed by atoms with Gasteiger partial charge in [-0.1, -0.05) is 6.92 Å². The second-order valence-electron chi connectivity index (χ2n) is 4.96. The Kier molecular flexibility index (Phi) is 149. The molecule has 24 heavy (non-hydrogen) atoms. The van der Waals surface area contributed by atoms with Crippen LogP contribution in [0.1, 0.15) is 67.2 Å². The molecule has 0 spiro atoms. The van der Waals surface area contributed by atoms with E-state index < -0.39 is 0 Å². The topological polar surface area (TPSA) is 0 Å². The van der Waals surface area contributed by atoms with Crippen LogP contribution in [0.15, 0.2) is 0 Å². The zero-order chi connectivity index (χ0) is 11.1. The van der Waals surface area contributed by atoms with Crippen molar-refractivity contribution >= 4 is 0 Å². The average molecular weight is 1080 g/mol. The Labute approximate surface area is 405 Å². The quantitative estimate of drug-likeness (QED) is 0.318. The maximum absolute atomic E-state index is 2.29. The molecular formula is C14H26Y10-4. The van der Waals surface area contributed by atoms with Gasteiger partial charge in [0, 0.05) is 327 Å². The zero-order valence-electron chi connectivity index (χ0n) is 16.6. The van der Waals surface area contributed by atoms with E-state index in [2.05, 4.69) is 41.5 Å². The van der Waals surface area contributed by atoms with Gasteiger partial charge in [0.05, 0.1) is 0 Å². The molecule has 10 heteroatoms. The molecule has 0 aliphatic heterocycles. The van der Waals surface area contributed by atoms with Gasteiger partial charge in [-0.3, -0.25) is 0 Å². The molecule has 0 aliphatic carbocycles. The van der Waals surface area contributed by atoms with Crippen molar-refractivity contribution in [3.05, 3.63) is 23.7 Å². The van der Waals surface area contributed by atoms with E-state index in [1.54, 1.807) is 17.8 Å². The smallest absolute Gasteiger partial charge is 0 e. The summed E-state index contributed by atoms with van der Waals surface area (Å²) in [6.45, 7) is 13.5. The molecule has 0 heterocycles. The molecule has 0 atom stereocenters. The van der Waals surface area contributed by atoms with Gasteiger partial charge in [-0.25, -0.2) is 0 Å². The minimum Gasteiger partial charge on any atom is -0.374 e. The first kappa shape index (κ1) is 70.3. The molecule has 116 valence electrons. The van der Waals surface area contributed by atoms with Crippen LogP contribution in [0.4, 0.5) is 0 Å². The van der Waals surface area contributed by atoms with Crippen molar-refractivity contribution in [3.63, 3.8) is 0 Å². The number of hydrogen-bond donors (Lipinski definition) is 0. The third-order valence-corrected chi connectivity index (χ3v) is 2.47. The molecule has 0 N–H and O–H groups in total. The van der Waals surface area contributed by atoms with Gasteiger partial charge < -0.3 is 42.9 Å². The van der Waals surface area contributed by atoms with Gasteiger partial charge in [0.1, 0.15) is 0 Å². The summed E-state index contributed by atoms with van der Waals surface area (Å²) in [5.41, 5.74) is 0. The Morgan fingerprint density at radius 3 is 0.917 bits per heavy atom. The van der Waals surface area contributed by atoms with Gasteiger partial charge >= 0.3 is 0 Å². The van der Waals surface area contributed by atoms with Crippen molar-refractivity contribution in [1.82, 2.24) is 0 Å². The summed E-state index contributed by atoms with van der Waals surface area (Å²) < 4.78 is 0. The average Bonchev–Trinajstić information content (AvgIpc) is 2.01. The van der Waals surface area contributed by atoms with E-state index in [0.717, 1.165) is 0 Å². The molecule has 0 fully saturated rings. The number of rotatable bonds is 7. The predicted octanol–water partition coefficient (Wildman–Crippen LogP) is 4.94. The van der Waals surface area contributed by atoms with E-state index in [1.165, 1.54) is 31.6 Å². The molecule has 10 radical (unpaired) electrons. The molecule has 0 bridgehead atoms. The summed E-state index contributed by atoms with van der Waals surface area (Å²) in [5, 5.41) is 0. The molecule has 0 rings (SSSR count). The minimum absolute atomic E-state index is 0. The van der Waals surface area contributed by atoms with Crippen molar-refractivity contribution in [2.24, 2.45) is 0 Å². The Bertz CT molecular complexity index is 150. The molecule has 0 nitrogen and oxygen atoms in total. The maximum Gasteiger partial charge on any atom is 0 e. The Hall–Kier alpha value is 11.0. The summed E-state index contributed by atoms with van der Waals surface area (Å²) in [7, 11) is 0. The fraction of sp³-hybridized carbons (Fsp3) is 0.714. The van der Waals surface area contributed by atoms with Gasteiger partial charge in [-0.15, -0.1) is 0 Å². The first-order valence-electron chi connectivity index (χ1n) is 5.68. The van der Waals surface area contributed by atoms with Crippen molar-refractivity contribution in [1.29, 1.82) is 0 Å². The van der Waals surface area contributed by atoms with E-state index in [9.17, 15) is 0 Å². The zero-order valence-corrected chi connectivity index (χ0v) is 45.0. The summed E-state index contributed by atoms with van der Waals surface area (Å²) in [5.74, 6) is 6.34. The molecule has 0 amide bonds. The van der Waals surface area contributed by atoms with E-state index >= 15 is 0 Å². The van der Waals surface area contributed by atoms with Gasteiger partial charge in [0.2, 0.25) is 0 Å². The first-order valence-corrected chi connectivity index (χ1v) is 5.68. The molecule has 0 aromatic heterocycles. The van der Waals surface area contributed by atoms with E-state index in [4.69, 9.17) is 0 Å². The van der Waals surface area contributed by atoms with E-state index in [0.29, 0.717) is 0 Å². The molecular weight excluding hydrogens is 1060 g/mol. The van der Waals surface area contributed by atoms with Crippen molar-refractivity contribution in [3.8, 4) is 0 Å². The number of hydrogen-bond acceptors (Lipinski definition) is 0. The standard InChI is InChI=1S/C14H26.10Y/c1-7-12(4)9-14(6)10-13(5)8-11(2)3;;;;;;;;;;/h7-10H2,1-6H3;;;;;;;;;;/q-4;;;;;;;;;;. The van der Waals surface area contributed by atoms with Crippen molar-refractivity contribution in [2.75, 3.05) is 0 Å². The Balaban J connectivity index is -0.0000000188.